The van der Waals surface area contributed by atoms with Gasteiger partial charge in [-0.25, -0.2) is 4.79 Å². The van der Waals surface area contributed by atoms with Gasteiger partial charge in [0, 0.05) is 19.6 Å². The van der Waals surface area contributed by atoms with Crippen LogP contribution >= 0.6 is 27.3 Å². The quantitative estimate of drug-likeness (QED) is 0.867. The first-order valence-electron chi connectivity index (χ1n) is 6.43. The molecule has 2 N–H and O–H groups in total. The highest BCUT2D eigenvalue weighted by molar-refractivity contribution is 9.11. The van der Waals surface area contributed by atoms with Gasteiger partial charge in [0.25, 0.3) is 0 Å². The number of rotatable bonds is 4. The number of carbonyl (C=O) groups is 2. The predicted molar refractivity (Wildman–Crippen MR) is 80.8 cm³/mol. The summed E-state index contributed by atoms with van der Waals surface area (Å²) in [6, 6.07) is 1.81. The molecule has 0 aliphatic heterocycles. The Bertz CT molecular complexity index is 506. The second kappa shape index (κ2) is 6.58. The van der Waals surface area contributed by atoms with Crippen LogP contribution in [-0.2, 0) is 11.3 Å². The maximum absolute atomic E-state index is 12.0. The smallest absolute Gasteiger partial charge is 0.317 e. The SMILES string of the molecule is CN(Cc1csc(Br)c1)C(=O)NC1CCC(C(=O)O)C1. The first-order chi connectivity index (χ1) is 9.45. The molecule has 0 spiro atoms. The Balaban J connectivity index is 1.81. The fraction of sp³-hybridized carbons (Fsp3) is 0.538. The Morgan fingerprint density at radius 2 is 2.30 bits per heavy atom. The first-order valence-corrected chi connectivity index (χ1v) is 8.10. The number of hydrogen-bond acceptors (Lipinski definition) is 3. The molecule has 1 aromatic heterocycles. The Morgan fingerprint density at radius 1 is 1.55 bits per heavy atom. The number of thiophene rings is 1. The second-order valence-corrected chi connectivity index (χ2v) is 7.40. The maximum Gasteiger partial charge on any atom is 0.317 e. The van der Waals surface area contributed by atoms with Crippen LogP contribution in [0, 0.1) is 5.92 Å². The summed E-state index contributed by atoms with van der Waals surface area (Å²) in [5.41, 5.74) is 1.08. The maximum atomic E-state index is 12.0. The molecule has 0 radical (unpaired) electrons. The van der Waals surface area contributed by atoms with Crippen molar-refractivity contribution in [1.29, 1.82) is 0 Å². The van der Waals surface area contributed by atoms with Crippen LogP contribution in [0.1, 0.15) is 24.8 Å². The lowest BCUT2D eigenvalue weighted by Crippen LogP contribution is -2.41. The Hall–Kier alpha value is -1.08. The van der Waals surface area contributed by atoms with E-state index in [1.165, 1.54) is 0 Å². The molecule has 2 atom stereocenters. The van der Waals surface area contributed by atoms with Crippen LogP contribution in [0.3, 0.4) is 0 Å². The molecular weight excluding hydrogens is 344 g/mol. The number of halogens is 1. The largest absolute Gasteiger partial charge is 0.481 e. The van der Waals surface area contributed by atoms with Crippen LogP contribution in [0.15, 0.2) is 15.2 Å². The number of hydrogen-bond donors (Lipinski definition) is 2. The van der Waals surface area contributed by atoms with Gasteiger partial charge in [-0.3, -0.25) is 4.79 Å². The van der Waals surface area contributed by atoms with E-state index in [0.717, 1.165) is 15.8 Å². The van der Waals surface area contributed by atoms with Crippen LogP contribution in [0.25, 0.3) is 0 Å². The van der Waals surface area contributed by atoms with Crippen molar-refractivity contribution in [2.45, 2.75) is 31.8 Å². The molecule has 1 heterocycles. The molecule has 2 rings (SSSR count). The minimum atomic E-state index is -0.766. The normalized spacial score (nSPS) is 21.7. The lowest BCUT2D eigenvalue weighted by molar-refractivity contribution is -0.141. The molecule has 1 aliphatic carbocycles. The molecule has 2 amide bonds. The molecule has 1 aromatic rings. The van der Waals surface area contributed by atoms with E-state index < -0.39 is 5.97 Å². The highest BCUT2D eigenvalue weighted by atomic mass is 79.9. The molecule has 0 bridgehead atoms. The molecule has 1 fully saturated rings. The summed E-state index contributed by atoms with van der Waals surface area (Å²) in [4.78, 5) is 24.5. The van der Waals surface area contributed by atoms with Gasteiger partial charge in [-0.2, -0.15) is 0 Å². The predicted octanol–water partition coefficient (Wildman–Crippen LogP) is 2.91. The molecule has 2 unspecified atom stereocenters. The van der Waals surface area contributed by atoms with Gasteiger partial charge in [-0.1, -0.05) is 0 Å². The van der Waals surface area contributed by atoms with Gasteiger partial charge in [0.2, 0.25) is 0 Å². The van der Waals surface area contributed by atoms with Crippen LogP contribution in [0.2, 0.25) is 0 Å². The van der Waals surface area contributed by atoms with Crippen molar-refractivity contribution in [2.75, 3.05) is 7.05 Å². The van der Waals surface area contributed by atoms with E-state index in [4.69, 9.17) is 5.11 Å². The molecule has 0 saturated heterocycles. The third kappa shape index (κ3) is 3.96. The molecule has 110 valence electrons. The molecule has 7 heteroatoms. The zero-order valence-corrected chi connectivity index (χ0v) is 13.5. The Labute approximate surface area is 130 Å². The number of aliphatic carboxylic acids is 1. The van der Waals surface area contributed by atoms with Gasteiger partial charge in [-0.15, -0.1) is 11.3 Å². The van der Waals surface area contributed by atoms with Gasteiger partial charge >= 0.3 is 12.0 Å². The van der Waals surface area contributed by atoms with E-state index >= 15 is 0 Å². The summed E-state index contributed by atoms with van der Waals surface area (Å²) >= 11 is 4.98. The van der Waals surface area contributed by atoms with Crippen LogP contribution in [0.4, 0.5) is 4.79 Å². The minimum absolute atomic E-state index is 0.0275. The van der Waals surface area contributed by atoms with Crippen molar-refractivity contribution in [1.82, 2.24) is 10.2 Å². The monoisotopic (exact) mass is 360 g/mol. The van der Waals surface area contributed by atoms with Crippen molar-refractivity contribution in [3.8, 4) is 0 Å². The number of nitrogens with zero attached hydrogens (tertiary/aromatic N) is 1. The van der Waals surface area contributed by atoms with Gasteiger partial charge in [0.05, 0.1) is 9.70 Å². The summed E-state index contributed by atoms with van der Waals surface area (Å²) in [6.07, 6.45) is 1.90. The van der Waals surface area contributed by atoms with E-state index in [9.17, 15) is 9.59 Å². The first kappa shape index (κ1) is 15.3. The van der Waals surface area contributed by atoms with Crippen LogP contribution in [0.5, 0.6) is 0 Å². The molecule has 5 nitrogen and oxygen atoms in total. The summed E-state index contributed by atoms with van der Waals surface area (Å²) in [5.74, 6) is -1.09. The average Bonchev–Trinajstić information content (AvgIpc) is 2.98. The number of carboxylic acids is 1. The summed E-state index contributed by atoms with van der Waals surface area (Å²) in [5, 5.41) is 13.9. The molecule has 1 aliphatic rings. The number of nitrogens with one attached hydrogen (secondary N) is 1. The highest BCUT2D eigenvalue weighted by Crippen LogP contribution is 2.26. The standard InChI is InChI=1S/C13H17BrN2O3S/c1-16(6-8-4-11(14)20-7-8)13(19)15-10-3-2-9(5-10)12(17)18/h4,7,9-10H,2-3,5-6H2,1H3,(H,15,19)(H,17,18). The van der Waals surface area contributed by atoms with Gasteiger partial charge in [0.15, 0.2) is 0 Å². The minimum Gasteiger partial charge on any atom is -0.481 e. The number of amides is 2. The fourth-order valence-electron chi connectivity index (χ4n) is 2.40. The Morgan fingerprint density at radius 3 is 2.85 bits per heavy atom. The topological polar surface area (TPSA) is 69.6 Å². The van der Waals surface area contributed by atoms with Crippen molar-refractivity contribution >= 4 is 39.3 Å². The van der Waals surface area contributed by atoms with Gasteiger partial charge in [0.1, 0.15) is 0 Å². The molecule has 1 saturated carbocycles. The lowest BCUT2D eigenvalue weighted by Gasteiger charge is -2.20. The highest BCUT2D eigenvalue weighted by Gasteiger charge is 2.31. The van der Waals surface area contributed by atoms with Gasteiger partial charge in [-0.05, 0) is 52.2 Å². The molecule has 20 heavy (non-hydrogen) atoms. The zero-order chi connectivity index (χ0) is 14.7. The third-order valence-corrected chi connectivity index (χ3v) is 5.05. The van der Waals surface area contributed by atoms with Crippen molar-refractivity contribution < 1.29 is 14.7 Å². The van der Waals surface area contributed by atoms with Crippen LogP contribution < -0.4 is 5.32 Å². The summed E-state index contributed by atoms with van der Waals surface area (Å²) in [6.45, 7) is 0.545. The van der Waals surface area contributed by atoms with Gasteiger partial charge < -0.3 is 15.3 Å². The summed E-state index contributed by atoms with van der Waals surface area (Å²) in [7, 11) is 1.74. The third-order valence-electron chi connectivity index (χ3n) is 3.50. The molecule has 0 aromatic carbocycles. The fourth-order valence-corrected chi connectivity index (χ4v) is 3.60. The van der Waals surface area contributed by atoms with Crippen molar-refractivity contribution in [3.05, 3.63) is 20.8 Å². The van der Waals surface area contributed by atoms with E-state index in [0.29, 0.717) is 19.4 Å². The Kier molecular flexibility index (Phi) is 5.04. The second-order valence-electron chi connectivity index (χ2n) is 5.11. The van der Waals surface area contributed by atoms with Crippen molar-refractivity contribution in [2.24, 2.45) is 5.92 Å². The molecular formula is C13H17BrN2O3S. The van der Waals surface area contributed by atoms with E-state index in [2.05, 4.69) is 21.2 Å². The van der Waals surface area contributed by atoms with E-state index in [1.54, 1.807) is 23.3 Å². The zero-order valence-electron chi connectivity index (χ0n) is 11.1. The van der Waals surface area contributed by atoms with Crippen molar-refractivity contribution in [3.63, 3.8) is 0 Å². The van der Waals surface area contributed by atoms with E-state index in [-0.39, 0.29) is 18.0 Å². The number of carboxylic acid groups (broad SMARTS) is 1. The average molecular weight is 361 g/mol. The number of urea groups is 1. The summed E-state index contributed by atoms with van der Waals surface area (Å²) < 4.78 is 1.04. The van der Waals surface area contributed by atoms with E-state index in [1.807, 2.05) is 11.4 Å². The lowest BCUT2D eigenvalue weighted by atomic mass is 10.1. The number of carbonyl (C=O) groups excluding carboxylic acids is 1. The van der Waals surface area contributed by atoms with Crippen LogP contribution in [-0.4, -0.2) is 35.1 Å².